The number of aromatic amines is 1. The van der Waals surface area contributed by atoms with Gasteiger partial charge in [0.15, 0.2) is 5.16 Å². The Labute approximate surface area is 217 Å². The molecule has 192 valence electrons. The third kappa shape index (κ3) is 7.44. The highest BCUT2D eigenvalue weighted by molar-refractivity contribution is 7.99. The number of carbonyl (C=O) groups excluding carboxylic acids is 1. The van der Waals surface area contributed by atoms with Crippen molar-refractivity contribution in [2.75, 3.05) is 28.6 Å². The van der Waals surface area contributed by atoms with Crippen LogP contribution in [0.25, 0.3) is 0 Å². The maximum Gasteiger partial charge on any atom is 0.224 e. The van der Waals surface area contributed by atoms with E-state index in [-0.39, 0.29) is 11.4 Å². The first-order valence-corrected chi connectivity index (χ1v) is 13.3. The minimum atomic E-state index is -0.00216. The number of rotatable bonds is 8. The second kappa shape index (κ2) is 11.3. The normalized spacial score (nSPS) is 14.6. The molecule has 3 heterocycles. The highest BCUT2D eigenvalue weighted by Gasteiger charge is 2.24. The third-order valence-corrected chi connectivity index (χ3v) is 6.66. The zero-order valence-electron chi connectivity index (χ0n) is 21.7. The van der Waals surface area contributed by atoms with Crippen molar-refractivity contribution in [1.82, 2.24) is 25.5 Å². The fraction of sp³-hybridized carbons (Fsp3) is 0.462. The summed E-state index contributed by atoms with van der Waals surface area (Å²) < 4.78 is 0. The smallest absolute Gasteiger partial charge is 0.224 e. The average molecular weight is 509 g/mol. The lowest BCUT2D eigenvalue weighted by Gasteiger charge is -2.36. The number of nitrogens with one attached hydrogen (secondary N) is 4. The Bertz CT molecular complexity index is 1160. The lowest BCUT2D eigenvalue weighted by atomic mass is 10.00. The summed E-state index contributed by atoms with van der Waals surface area (Å²) in [5.74, 6) is 2.41. The van der Waals surface area contributed by atoms with Crippen molar-refractivity contribution in [1.29, 1.82) is 0 Å². The van der Waals surface area contributed by atoms with Gasteiger partial charge in [0, 0.05) is 53.8 Å². The van der Waals surface area contributed by atoms with Gasteiger partial charge in [0.05, 0.1) is 5.69 Å². The standard InChI is InChI=1S/C26H36N8OS/c1-6-24(35)27-18-7-9-20(10-8-18)36-25-29-21(28-22-15-17(2)32-33-22)16-23(30-25)34-13-11-19(12-14-34)31-26(3,4)5/h7-10,15-16,19,31H,6,11-14H2,1-5H3,(H,27,35)(H2,28,29,30,32,33). The number of hydrogen-bond donors (Lipinski definition) is 4. The number of nitrogens with zero attached hydrogens (tertiary/aromatic N) is 4. The average Bonchev–Trinajstić information content (AvgIpc) is 3.24. The van der Waals surface area contributed by atoms with Gasteiger partial charge in [-0.1, -0.05) is 6.92 Å². The Balaban J connectivity index is 1.52. The summed E-state index contributed by atoms with van der Waals surface area (Å²) in [5.41, 5.74) is 1.80. The molecule has 2 aromatic heterocycles. The van der Waals surface area contributed by atoms with E-state index in [0.29, 0.717) is 23.4 Å². The van der Waals surface area contributed by atoms with Gasteiger partial charge in [-0.15, -0.1) is 0 Å². The Hall–Kier alpha value is -3.11. The zero-order valence-corrected chi connectivity index (χ0v) is 22.5. The van der Waals surface area contributed by atoms with Crippen LogP contribution in [0.5, 0.6) is 0 Å². The fourth-order valence-electron chi connectivity index (χ4n) is 4.13. The molecule has 0 aliphatic carbocycles. The molecule has 4 rings (SSSR count). The maximum absolute atomic E-state index is 11.7. The predicted molar refractivity (Wildman–Crippen MR) is 146 cm³/mol. The number of hydrogen-bond acceptors (Lipinski definition) is 8. The molecule has 3 aromatic rings. The Morgan fingerprint density at radius 2 is 1.86 bits per heavy atom. The van der Waals surface area contributed by atoms with Crippen molar-refractivity contribution in [2.24, 2.45) is 0 Å². The maximum atomic E-state index is 11.7. The lowest BCUT2D eigenvalue weighted by molar-refractivity contribution is -0.115. The molecule has 9 nitrogen and oxygen atoms in total. The highest BCUT2D eigenvalue weighted by atomic mass is 32.2. The summed E-state index contributed by atoms with van der Waals surface area (Å²) >= 11 is 1.50. The number of benzene rings is 1. The van der Waals surface area contributed by atoms with E-state index in [9.17, 15) is 4.79 Å². The summed E-state index contributed by atoms with van der Waals surface area (Å²) in [7, 11) is 0. The van der Waals surface area contributed by atoms with Crippen molar-refractivity contribution >= 4 is 40.8 Å². The van der Waals surface area contributed by atoms with Crippen molar-refractivity contribution in [3.05, 3.63) is 42.1 Å². The molecule has 0 bridgehead atoms. The molecule has 1 saturated heterocycles. The van der Waals surface area contributed by atoms with Gasteiger partial charge in [0.25, 0.3) is 0 Å². The molecule has 1 aromatic carbocycles. The minimum Gasteiger partial charge on any atom is -0.356 e. The van der Waals surface area contributed by atoms with Gasteiger partial charge in [-0.25, -0.2) is 9.97 Å². The van der Waals surface area contributed by atoms with E-state index in [1.54, 1.807) is 0 Å². The number of carbonyl (C=O) groups is 1. The molecule has 0 unspecified atom stereocenters. The third-order valence-electron chi connectivity index (χ3n) is 5.79. The van der Waals surface area contributed by atoms with Crippen LogP contribution in [0.2, 0.25) is 0 Å². The van der Waals surface area contributed by atoms with Crippen LogP contribution < -0.4 is 20.9 Å². The van der Waals surface area contributed by atoms with Crippen LogP contribution in [0.3, 0.4) is 0 Å². The Morgan fingerprint density at radius 1 is 1.14 bits per heavy atom. The molecule has 1 fully saturated rings. The van der Waals surface area contributed by atoms with E-state index in [1.165, 1.54) is 11.8 Å². The molecule has 0 saturated carbocycles. The first-order valence-electron chi connectivity index (χ1n) is 12.5. The summed E-state index contributed by atoms with van der Waals surface area (Å²) in [4.78, 5) is 24.7. The second-order valence-corrected chi connectivity index (χ2v) is 11.2. The molecule has 0 spiro atoms. The van der Waals surface area contributed by atoms with Crippen LogP contribution in [0.1, 0.15) is 52.7 Å². The molecule has 4 N–H and O–H groups in total. The highest BCUT2D eigenvalue weighted by Crippen LogP contribution is 2.31. The van der Waals surface area contributed by atoms with Crippen molar-refractivity contribution < 1.29 is 4.79 Å². The Kier molecular flexibility index (Phi) is 8.15. The molecule has 1 amide bonds. The number of anilines is 4. The van der Waals surface area contributed by atoms with Crippen molar-refractivity contribution in [3.8, 4) is 0 Å². The molecular formula is C26H36N8OS. The van der Waals surface area contributed by atoms with Crippen molar-refractivity contribution in [2.45, 2.75) is 75.5 Å². The molecule has 36 heavy (non-hydrogen) atoms. The quantitative estimate of drug-likeness (QED) is 0.311. The number of aromatic nitrogens is 4. The molecule has 0 atom stereocenters. The predicted octanol–water partition coefficient (Wildman–Crippen LogP) is 5.11. The van der Waals surface area contributed by atoms with E-state index in [0.717, 1.165) is 53.8 Å². The van der Waals surface area contributed by atoms with Crippen LogP contribution in [0, 0.1) is 6.92 Å². The molecule has 10 heteroatoms. The van der Waals surface area contributed by atoms with Crippen LogP contribution >= 0.6 is 11.8 Å². The van der Waals surface area contributed by atoms with Gasteiger partial charge in [-0.3, -0.25) is 9.89 Å². The molecule has 0 radical (unpaired) electrons. The van der Waals surface area contributed by atoms with E-state index < -0.39 is 0 Å². The van der Waals surface area contributed by atoms with Gasteiger partial charge in [0.1, 0.15) is 17.5 Å². The van der Waals surface area contributed by atoms with E-state index >= 15 is 0 Å². The summed E-state index contributed by atoms with van der Waals surface area (Å²) in [5, 5.41) is 17.8. The van der Waals surface area contributed by atoms with Gasteiger partial charge < -0.3 is 20.9 Å². The topological polar surface area (TPSA) is 111 Å². The number of piperidine rings is 1. The number of amides is 1. The van der Waals surface area contributed by atoms with Crippen LogP contribution in [0.15, 0.2) is 46.5 Å². The van der Waals surface area contributed by atoms with Crippen LogP contribution in [0.4, 0.5) is 23.1 Å². The Morgan fingerprint density at radius 3 is 2.47 bits per heavy atom. The van der Waals surface area contributed by atoms with Gasteiger partial charge >= 0.3 is 0 Å². The molecular weight excluding hydrogens is 472 g/mol. The lowest BCUT2D eigenvalue weighted by Crippen LogP contribution is -2.49. The van der Waals surface area contributed by atoms with E-state index in [2.05, 4.69) is 51.8 Å². The number of aryl methyl sites for hydroxylation is 1. The molecule has 1 aliphatic rings. The van der Waals surface area contributed by atoms with E-state index in [1.807, 2.05) is 50.2 Å². The molecule has 1 aliphatic heterocycles. The number of H-pyrrole nitrogens is 1. The van der Waals surface area contributed by atoms with Gasteiger partial charge in [0.2, 0.25) is 5.91 Å². The summed E-state index contributed by atoms with van der Waals surface area (Å²) in [6, 6.07) is 12.2. The second-order valence-electron chi connectivity index (χ2n) is 10.1. The fourth-order valence-corrected chi connectivity index (χ4v) is 4.90. The largest absolute Gasteiger partial charge is 0.356 e. The first-order chi connectivity index (χ1) is 17.2. The van der Waals surface area contributed by atoms with Crippen LogP contribution in [-0.2, 0) is 4.79 Å². The first kappa shape index (κ1) is 26.0. The minimum absolute atomic E-state index is 0.00216. The zero-order chi connectivity index (χ0) is 25.7. The summed E-state index contributed by atoms with van der Waals surface area (Å²) in [6.45, 7) is 12.3. The summed E-state index contributed by atoms with van der Waals surface area (Å²) in [6.07, 6.45) is 2.58. The SMILES string of the molecule is CCC(=O)Nc1ccc(Sc2nc(Nc3cc(C)n[nH]3)cc(N3CCC(NC(C)(C)C)CC3)n2)cc1. The monoisotopic (exact) mass is 508 g/mol. The van der Waals surface area contributed by atoms with Crippen LogP contribution in [-0.4, -0.2) is 50.7 Å². The van der Waals surface area contributed by atoms with Gasteiger partial charge in [-0.05, 0) is 76.6 Å². The van der Waals surface area contributed by atoms with Gasteiger partial charge in [-0.2, -0.15) is 5.10 Å². The van der Waals surface area contributed by atoms with E-state index in [4.69, 9.17) is 9.97 Å². The van der Waals surface area contributed by atoms with Crippen molar-refractivity contribution in [3.63, 3.8) is 0 Å².